The molecule has 1 heterocycles. The molecule has 0 aliphatic carbocycles. The number of nitrogens with two attached hydrogens (primary N) is 1. The molecule has 1 aromatic carbocycles. The third kappa shape index (κ3) is 1.49. The lowest BCUT2D eigenvalue weighted by atomic mass is 10.2. The van der Waals surface area contributed by atoms with Crippen molar-refractivity contribution in [3.8, 4) is 0 Å². The summed E-state index contributed by atoms with van der Waals surface area (Å²) < 4.78 is 1.10. The van der Waals surface area contributed by atoms with Crippen molar-refractivity contribution in [1.29, 1.82) is 0 Å². The molecule has 0 bridgehead atoms. The van der Waals surface area contributed by atoms with E-state index in [9.17, 15) is 0 Å². The molecule has 0 spiro atoms. The van der Waals surface area contributed by atoms with Gasteiger partial charge in [-0.2, -0.15) is 0 Å². The monoisotopic (exact) mass is 238 g/mol. The van der Waals surface area contributed by atoms with Gasteiger partial charge >= 0.3 is 0 Å². The lowest BCUT2D eigenvalue weighted by molar-refractivity contribution is 1.02. The first-order valence-corrected chi connectivity index (χ1v) is 4.98. The van der Waals surface area contributed by atoms with Crippen LogP contribution in [0, 0.1) is 6.92 Å². The average molecular weight is 239 g/mol. The SMILES string of the molecule is Cc1cc(Br)c2[nH]c(CN)cc2c1. The summed E-state index contributed by atoms with van der Waals surface area (Å²) in [6.07, 6.45) is 0. The zero-order valence-electron chi connectivity index (χ0n) is 7.39. The van der Waals surface area contributed by atoms with Gasteiger partial charge in [-0.15, -0.1) is 0 Å². The average Bonchev–Trinajstić information content (AvgIpc) is 2.47. The number of nitrogens with one attached hydrogen (secondary N) is 1. The van der Waals surface area contributed by atoms with Crippen LogP contribution in [0.5, 0.6) is 0 Å². The Labute approximate surface area is 85.3 Å². The van der Waals surface area contributed by atoms with E-state index in [0.29, 0.717) is 6.54 Å². The van der Waals surface area contributed by atoms with E-state index in [2.05, 4.69) is 46.0 Å². The van der Waals surface area contributed by atoms with Crippen LogP contribution >= 0.6 is 15.9 Å². The molecule has 0 radical (unpaired) electrons. The van der Waals surface area contributed by atoms with Gasteiger partial charge in [0.1, 0.15) is 0 Å². The number of rotatable bonds is 1. The quantitative estimate of drug-likeness (QED) is 0.789. The van der Waals surface area contributed by atoms with E-state index in [1.807, 2.05) is 0 Å². The second kappa shape index (κ2) is 3.16. The molecule has 3 N–H and O–H groups in total. The summed E-state index contributed by atoms with van der Waals surface area (Å²) in [6.45, 7) is 2.64. The minimum atomic E-state index is 0.556. The zero-order chi connectivity index (χ0) is 9.42. The Hall–Kier alpha value is -0.800. The summed E-state index contributed by atoms with van der Waals surface area (Å²) in [6, 6.07) is 6.34. The Kier molecular flexibility index (Phi) is 2.14. The number of H-pyrrole nitrogens is 1. The van der Waals surface area contributed by atoms with Gasteiger partial charge in [-0.1, -0.05) is 0 Å². The van der Waals surface area contributed by atoms with Crippen LogP contribution in [0.15, 0.2) is 22.7 Å². The van der Waals surface area contributed by atoms with E-state index in [0.717, 1.165) is 15.7 Å². The van der Waals surface area contributed by atoms with Crippen LogP contribution in [-0.4, -0.2) is 4.98 Å². The van der Waals surface area contributed by atoms with Gasteiger partial charge in [0.05, 0.1) is 5.52 Å². The zero-order valence-corrected chi connectivity index (χ0v) is 8.98. The Morgan fingerprint density at radius 3 is 2.85 bits per heavy atom. The summed E-state index contributed by atoms with van der Waals surface area (Å²) in [5.41, 5.74) is 9.01. The Balaban J connectivity index is 2.75. The molecule has 0 aliphatic rings. The van der Waals surface area contributed by atoms with Crippen molar-refractivity contribution in [2.24, 2.45) is 5.73 Å². The van der Waals surface area contributed by atoms with Crippen molar-refractivity contribution in [3.63, 3.8) is 0 Å². The maximum Gasteiger partial charge on any atom is 0.0601 e. The van der Waals surface area contributed by atoms with Gasteiger partial charge in [0.25, 0.3) is 0 Å². The van der Waals surface area contributed by atoms with E-state index in [1.54, 1.807) is 0 Å². The van der Waals surface area contributed by atoms with Crippen molar-refractivity contribution in [2.45, 2.75) is 13.5 Å². The van der Waals surface area contributed by atoms with Crippen molar-refractivity contribution < 1.29 is 0 Å². The lowest BCUT2D eigenvalue weighted by Gasteiger charge is -1.96. The fourth-order valence-corrected chi connectivity index (χ4v) is 2.20. The molecule has 0 saturated heterocycles. The van der Waals surface area contributed by atoms with Crippen molar-refractivity contribution >= 4 is 26.8 Å². The predicted molar refractivity (Wildman–Crippen MR) is 58.6 cm³/mol. The highest BCUT2D eigenvalue weighted by molar-refractivity contribution is 9.10. The summed E-state index contributed by atoms with van der Waals surface area (Å²) >= 11 is 3.52. The first-order valence-electron chi connectivity index (χ1n) is 4.18. The molecule has 68 valence electrons. The number of aromatic nitrogens is 1. The van der Waals surface area contributed by atoms with Crippen LogP contribution in [0.4, 0.5) is 0 Å². The second-order valence-corrected chi connectivity index (χ2v) is 4.06. The van der Waals surface area contributed by atoms with Gasteiger partial charge in [0, 0.05) is 22.1 Å². The molecule has 0 atom stereocenters. The Bertz CT molecular complexity index is 445. The van der Waals surface area contributed by atoms with Gasteiger partial charge in [-0.05, 0) is 46.6 Å². The van der Waals surface area contributed by atoms with Gasteiger partial charge in [0.2, 0.25) is 0 Å². The molecule has 2 aromatic rings. The number of halogens is 1. The number of hydrogen-bond donors (Lipinski definition) is 2. The van der Waals surface area contributed by atoms with E-state index >= 15 is 0 Å². The van der Waals surface area contributed by atoms with Crippen molar-refractivity contribution in [2.75, 3.05) is 0 Å². The predicted octanol–water partition coefficient (Wildman–Crippen LogP) is 2.70. The number of aryl methyl sites for hydroxylation is 1. The number of fused-ring (bicyclic) bond motifs is 1. The molecule has 0 fully saturated rings. The first kappa shape index (κ1) is 8.78. The van der Waals surface area contributed by atoms with Crippen molar-refractivity contribution in [1.82, 2.24) is 4.98 Å². The fourth-order valence-electron chi connectivity index (χ4n) is 1.51. The molecular formula is C10H11BrN2. The third-order valence-electron chi connectivity index (χ3n) is 2.10. The van der Waals surface area contributed by atoms with Gasteiger partial charge in [-0.3, -0.25) is 0 Å². The van der Waals surface area contributed by atoms with Crippen LogP contribution in [0.3, 0.4) is 0 Å². The molecule has 1 aromatic heterocycles. The van der Waals surface area contributed by atoms with E-state index in [4.69, 9.17) is 5.73 Å². The molecule has 13 heavy (non-hydrogen) atoms. The molecule has 0 aliphatic heterocycles. The van der Waals surface area contributed by atoms with Gasteiger partial charge in [0.15, 0.2) is 0 Å². The van der Waals surface area contributed by atoms with Gasteiger partial charge < -0.3 is 10.7 Å². The van der Waals surface area contributed by atoms with Crippen LogP contribution in [0.2, 0.25) is 0 Å². The normalized spacial score (nSPS) is 11.0. The highest BCUT2D eigenvalue weighted by Crippen LogP contribution is 2.25. The molecule has 3 heteroatoms. The third-order valence-corrected chi connectivity index (χ3v) is 2.73. The maximum atomic E-state index is 5.56. The van der Waals surface area contributed by atoms with Crippen molar-refractivity contribution in [3.05, 3.63) is 33.9 Å². The molecule has 2 nitrogen and oxygen atoms in total. The summed E-state index contributed by atoms with van der Waals surface area (Å²) in [5.74, 6) is 0. The molecule has 0 saturated carbocycles. The Morgan fingerprint density at radius 2 is 2.15 bits per heavy atom. The summed E-state index contributed by atoms with van der Waals surface area (Å²) in [7, 11) is 0. The maximum absolute atomic E-state index is 5.56. The molecule has 0 amide bonds. The number of hydrogen-bond acceptors (Lipinski definition) is 1. The lowest BCUT2D eigenvalue weighted by Crippen LogP contribution is -1.95. The topological polar surface area (TPSA) is 41.8 Å². The van der Waals surface area contributed by atoms with E-state index in [-0.39, 0.29) is 0 Å². The smallest absolute Gasteiger partial charge is 0.0601 e. The van der Waals surface area contributed by atoms with E-state index < -0.39 is 0 Å². The molecule has 2 rings (SSSR count). The highest BCUT2D eigenvalue weighted by Gasteiger charge is 2.03. The minimum Gasteiger partial charge on any atom is -0.356 e. The minimum absolute atomic E-state index is 0.556. The van der Waals surface area contributed by atoms with Crippen LogP contribution in [0.25, 0.3) is 10.9 Å². The molecular weight excluding hydrogens is 228 g/mol. The van der Waals surface area contributed by atoms with E-state index in [1.165, 1.54) is 10.9 Å². The molecule has 0 unspecified atom stereocenters. The largest absolute Gasteiger partial charge is 0.356 e. The standard InChI is InChI=1S/C10H11BrN2/c1-6-2-7-4-8(5-12)13-10(7)9(11)3-6/h2-4,13H,5,12H2,1H3. The van der Waals surface area contributed by atoms with Crippen LogP contribution in [0.1, 0.15) is 11.3 Å². The summed E-state index contributed by atoms with van der Waals surface area (Å²) in [4.78, 5) is 3.27. The number of benzene rings is 1. The fraction of sp³-hybridized carbons (Fsp3) is 0.200. The second-order valence-electron chi connectivity index (χ2n) is 3.21. The highest BCUT2D eigenvalue weighted by atomic mass is 79.9. The van der Waals surface area contributed by atoms with Gasteiger partial charge in [-0.25, -0.2) is 0 Å². The number of aromatic amines is 1. The first-order chi connectivity index (χ1) is 6.20. The summed E-state index contributed by atoms with van der Waals surface area (Å²) in [5, 5.41) is 1.22. The van der Waals surface area contributed by atoms with Crippen LogP contribution in [-0.2, 0) is 6.54 Å². The van der Waals surface area contributed by atoms with Crippen LogP contribution < -0.4 is 5.73 Å². The Morgan fingerprint density at radius 1 is 1.38 bits per heavy atom.